The number of benzene rings is 1. The highest BCUT2D eigenvalue weighted by Gasteiger charge is 2.12. The molecule has 0 spiro atoms. The average molecular weight is 357 g/mol. The molecule has 4 nitrogen and oxygen atoms in total. The minimum Gasteiger partial charge on any atom is -0.490 e. The molecule has 0 saturated carbocycles. The summed E-state index contributed by atoms with van der Waals surface area (Å²) in [5.41, 5.74) is 1.12. The van der Waals surface area contributed by atoms with Gasteiger partial charge in [-0.3, -0.25) is 0 Å². The third kappa shape index (κ3) is 7.29. The first-order valence-electron chi connectivity index (χ1n) is 9.17. The van der Waals surface area contributed by atoms with Crippen LogP contribution in [0.5, 0.6) is 11.5 Å². The van der Waals surface area contributed by atoms with Crippen LogP contribution in [-0.4, -0.2) is 44.3 Å². The second-order valence-electron chi connectivity index (χ2n) is 5.74. The summed E-state index contributed by atoms with van der Waals surface area (Å²) in [6, 6.07) is 3.99. The smallest absolute Gasteiger partial charge is 0.179 e. The molecule has 0 aliphatic carbocycles. The SMILES string of the molecule is CCCOc1c(Cl)cc(CNCCCN(CC)CC)cc1OCC. The fourth-order valence-corrected chi connectivity index (χ4v) is 2.82. The highest BCUT2D eigenvalue weighted by molar-refractivity contribution is 6.32. The van der Waals surface area contributed by atoms with Crippen LogP contribution in [0.2, 0.25) is 5.02 Å². The lowest BCUT2D eigenvalue weighted by Crippen LogP contribution is -2.27. The first-order chi connectivity index (χ1) is 11.7. The van der Waals surface area contributed by atoms with Gasteiger partial charge in [-0.15, -0.1) is 0 Å². The van der Waals surface area contributed by atoms with Crippen LogP contribution in [-0.2, 0) is 6.54 Å². The summed E-state index contributed by atoms with van der Waals surface area (Å²) < 4.78 is 11.4. The van der Waals surface area contributed by atoms with Gasteiger partial charge in [-0.2, -0.15) is 0 Å². The molecule has 0 saturated heterocycles. The van der Waals surface area contributed by atoms with Crippen LogP contribution < -0.4 is 14.8 Å². The van der Waals surface area contributed by atoms with Gasteiger partial charge in [0.05, 0.1) is 18.2 Å². The Hall–Kier alpha value is -0.970. The molecule has 5 heteroatoms. The number of rotatable bonds is 13. The summed E-state index contributed by atoms with van der Waals surface area (Å²) >= 11 is 6.39. The molecule has 0 aromatic heterocycles. The zero-order valence-corrected chi connectivity index (χ0v) is 16.4. The number of halogens is 1. The molecule has 0 fully saturated rings. The molecule has 0 atom stereocenters. The normalized spacial score (nSPS) is 11.1. The van der Waals surface area contributed by atoms with E-state index in [1.54, 1.807) is 0 Å². The molecule has 24 heavy (non-hydrogen) atoms. The van der Waals surface area contributed by atoms with E-state index >= 15 is 0 Å². The van der Waals surface area contributed by atoms with E-state index in [1.165, 1.54) is 0 Å². The maximum Gasteiger partial charge on any atom is 0.179 e. The molecule has 1 aromatic carbocycles. The van der Waals surface area contributed by atoms with Crippen molar-refractivity contribution >= 4 is 11.6 Å². The largest absolute Gasteiger partial charge is 0.490 e. The van der Waals surface area contributed by atoms with Crippen molar-refractivity contribution in [3.63, 3.8) is 0 Å². The number of hydrogen-bond donors (Lipinski definition) is 1. The van der Waals surface area contributed by atoms with Crippen LogP contribution in [0.1, 0.15) is 46.1 Å². The molecular weight excluding hydrogens is 324 g/mol. The van der Waals surface area contributed by atoms with E-state index in [2.05, 4.69) is 31.0 Å². The molecule has 0 amide bonds. The van der Waals surface area contributed by atoms with E-state index in [-0.39, 0.29) is 0 Å². The van der Waals surface area contributed by atoms with E-state index in [4.69, 9.17) is 21.1 Å². The fraction of sp³-hybridized carbons (Fsp3) is 0.684. The molecular formula is C19H33ClN2O2. The summed E-state index contributed by atoms with van der Waals surface area (Å²) in [6.07, 6.45) is 2.09. The molecule has 1 aromatic rings. The Kier molecular flexibility index (Phi) is 10.9. The van der Waals surface area contributed by atoms with Crippen molar-refractivity contribution in [2.24, 2.45) is 0 Å². The number of hydrogen-bond acceptors (Lipinski definition) is 4. The summed E-state index contributed by atoms with van der Waals surface area (Å²) in [7, 11) is 0. The minimum absolute atomic E-state index is 0.597. The lowest BCUT2D eigenvalue weighted by atomic mass is 10.2. The summed E-state index contributed by atoms with van der Waals surface area (Å²) in [5, 5.41) is 4.10. The molecule has 0 radical (unpaired) electrons. The lowest BCUT2D eigenvalue weighted by Gasteiger charge is -2.18. The van der Waals surface area contributed by atoms with Crippen molar-refractivity contribution in [3.05, 3.63) is 22.7 Å². The topological polar surface area (TPSA) is 33.7 Å². The monoisotopic (exact) mass is 356 g/mol. The molecule has 0 aliphatic rings. The second kappa shape index (κ2) is 12.4. The zero-order chi connectivity index (χ0) is 17.8. The fourth-order valence-electron chi connectivity index (χ4n) is 2.53. The first kappa shape index (κ1) is 21.1. The predicted molar refractivity (Wildman–Crippen MR) is 103 cm³/mol. The van der Waals surface area contributed by atoms with E-state index in [9.17, 15) is 0 Å². The highest BCUT2D eigenvalue weighted by atomic mass is 35.5. The van der Waals surface area contributed by atoms with Gasteiger partial charge in [-0.05, 0) is 63.6 Å². The number of ether oxygens (including phenoxy) is 2. The van der Waals surface area contributed by atoms with E-state index < -0.39 is 0 Å². The Morgan fingerprint density at radius 3 is 2.46 bits per heavy atom. The quantitative estimate of drug-likeness (QED) is 0.533. The van der Waals surface area contributed by atoms with Gasteiger partial charge in [0, 0.05) is 6.54 Å². The molecule has 0 unspecified atom stereocenters. The molecule has 0 aliphatic heterocycles. The summed E-state index contributed by atoms with van der Waals surface area (Å²) in [4.78, 5) is 2.44. The van der Waals surface area contributed by atoms with Gasteiger partial charge < -0.3 is 19.7 Å². The van der Waals surface area contributed by atoms with Gasteiger partial charge in [0.1, 0.15) is 0 Å². The number of nitrogens with zero attached hydrogens (tertiary/aromatic N) is 1. The molecule has 0 bridgehead atoms. The lowest BCUT2D eigenvalue weighted by molar-refractivity contribution is 0.276. The third-order valence-corrected chi connectivity index (χ3v) is 4.15. The maximum atomic E-state index is 6.39. The second-order valence-corrected chi connectivity index (χ2v) is 6.15. The van der Waals surface area contributed by atoms with Crippen LogP contribution in [0, 0.1) is 0 Å². The minimum atomic E-state index is 0.597. The highest BCUT2D eigenvalue weighted by Crippen LogP contribution is 2.36. The van der Waals surface area contributed by atoms with Crippen LogP contribution in [0.4, 0.5) is 0 Å². The van der Waals surface area contributed by atoms with Crippen molar-refractivity contribution in [2.75, 3.05) is 39.4 Å². The summed E-state index contributed by atoms with van der Waals surface area (Å²) in [5.74, 6) is 1.39. The Balaban J connectivity index is 2.55. The average Bonchev–Trinajstić information content (AvgIpc) is 2.58. The van der Waals surface area contributed by atoms with Gasteiger partial charge in [0.15, 0.2) is 11.5 Å². The van der Waals surface area contributed by atoms with E-state index in [0.717, 1.165) is 56.9 Å². The summed E-state index contributed by atoms with van der Waals surface area (Å²) in [6.45, 7) is 14.8. The Morgan fingerprint density at radius 1 is 1.08 bits per heavy atom. The van der Waals surface area contributed by atoms with E-state index in [0.29, 0.717) is 24.0 Å². The standard InChI is InChI=1S/C19H33ClN2O2/c1-5-12-24-19-17(20)13-16(14-18(19)23-8-4)15-21-10-9-11-22(6-2)7-3/h13-14,21H,5-12,15H2,1-4H3. The van der Waals surface area contributed by atoms with Gasteiger partial charge in [0.25, 0.3) is 0 Å². The zero-order valence-electron chi connectivity index (χ0n) is 15.7. The van der Waals surface area contributed by atoms with Crippen molar-refractivity contribution in [1.29, 1.82) is 0 Å². The first-order valence-corrected chi connectivity index (χ1v) is 9.55. The Labute approximate surface area is 152 Å². The van der Waals surface area contributed by atoms with Crippen LogP contribution in [0.15, 0.2) is 12.1 Å². The van der Waals surface area contributed by atoms with Crippen molar-refractivity contribution in [2.45, 2.75) is 47.1 Å². The van der Waals surface area contributed by atoms with Crippen molar-refractivity contribution in [3.8, 4) is 11.5 Å². The van der Waals surface area contributed by atoms with Gasteiger partial charge in [0.2, 0.25) is 0 Å². The Morgan fingerprint density at radius 2 is 1.83 bits per heavy atom. The van der Waals surface area contributed by atoms with Crippen molar-refractivity contribution < 1.29 is 9.47 Å². The molecule has 138 valence electrons. The van der Waals surface area contributed by atoms with Gasteiger partial charge >= 0.3 is 0 Å². The van der Waals surface area contributed by atoms with Crippen molar-refractivity contribution in [1.82, 2.24) is 10.2 Å². The Bertz CT molecular complexity index is 465. The molecule has 0 heterocycles. The van der Waals surface area contributed by atoms with Gasteiger partial charge in [-0.1, -0.05) is 32.4 Å². The predicted octanol–water partition coefficient (Wildman–Crippen LogP) is 4.35. The van der Waals surface area contributed by atoms with Crippen LogP contribution in [0.3, 0.4) is 0 Å². The number of nitrogens with one attached hydrogen (secondary N) is 1. The van der Waals surface area contributed by atoms with Crippen LogP contribution >= 0.6 is 11.6 Å². The third-order valence-electron chi connectivity index (χ3n) is 3.87. The van der Waals surface area contributed by atoms with E-state index in [1.807, 2.05) is 19.1 Å². The maximum absolute atomic E-state index is 6.39. The van der Waals surface area contributed by atoms with Gasteiger partial charge in [-0.25, -0.2) is 0 Å². The van der Waals surface area contributed by atoms with Crippen LogP contribution in [0.25, 0.3) is 0 Å². The molecule has 1 N–H and O–H groups in total. The molecule has 1 rings (SSSR count).